The fourth-order valence-electron chi connectivity index (χ4n) is 0.980. The minimum absolute atomic E-state index is 0.456. The monoisotopic (exact) mass is 185 g/mol. The van der Waals surface area contributed by atoms with Gasteiger partial charge in [-0.1, -0.05) is 6.58 Å². The maximum Gasteiger partial charge on any atom is 0.103 e. The number of likely N-dealkylation sites (N-methyl/N-ethyl adjacent to an activating group) is 1. The normalized spacial score (nSPS) is 12.8. The zero-order chi connectivity index (χ0) is 10.6. The van der Waals surface area contributed by atoms with E-state index in [0.717, 1.165) is 5.70 Å². The van der Waals surface area contributed by atoms with Crippen LogP contribution in [-0.4, -0.2) is 24.8 Å². The number of allylic oxidation sites excluding steroid dienone is 1. The van der Waals surface area contributed by atoms with E-state index in [1.807, 2.05) is 13.8 Å². The molecule has 0 aromatic heterocycles. The quantitative estimate of drug-likeness (QED) is 0.382. The zero-order valence-corrected chi connectivity index (χ0v) is 8.79. The molecular formula is C9H19N3O. The highest BCUT2D eigenvalue weighted by Crippen LogP contribution is 2.21. The number of hydrogen-bond donors (Lipinski definition) is 2. The van der Waals surface area contributed by atoms with Crippen molar-refractivity contribution in [1.29, 1.82) is 0 Å². The summed E-state index contributed by atoms with van der Waals surface area (Å²) < 4.78 is 5.28. The third-order valence-corrected chi connectivity index (χ3v) is 1.83. The molecule has 4 heteroatoms. The number of rotatable bonds is 4. The molecule has 0 rings (SSSR count). The lowest BCUT2D eigenvalue weighted by Gasteiger charge is -2.31. The first-order valence-corrected chi connectivity index (χ1v) is 4.01. The highest BCUT2D eigenvalue weighted by atomic mass is 16.5. The molecule has 0 saturated heterocycles. The van der Waals surface area contributed by atoms with Gasteiger partial charge in [-0.2, -0.15) is 0 Å². The first kappa shape index (κ1) is 12.0. The average Bonchev–Trinajstić information content (AvgIpc) is 1.99. The number of hydrazine groups is 1. The molecule has 0 fully saturated rings. The first-order chi connectivity index (χ1) is 5.81. The Morgan fingerprint density at radius 1 is 1.54 bits per heavy atom. The maximum absolute atomic E-state index is 5.64. The van der Waals surface area contributed by atoms with E-state index in [0.29, 0.717) is 5.70 Å². The predicted molar refractivity (Wildman–Crippen MR) is 54.4 cm³/mol. The van der Waals surface area contributed by atoms with Gasteiger partial charge in [0, 0.05) is 19.9 Å². The summed E-state index contributed by atoms with van der Waals surface area (Å²) in [5.74, 6) is 5.64. The third kappa shape index (κ3) is 3.48. The molecule has 0 bridgehead atoms. The molecule has 0 aromatic rings. The second kappa shape index (κ2) is 4.30. The molecule has 76 valence electrons. The maximum atomic E-state index is 5.64. The van der Waals surface area contributed by atoms with Gasteiger partial charge in [0.25, 0.3) is 0 Å². The van der Waals surface area contributed by atoms with Gasteiger partial charge in [-0.15, -0.1) is 0 Å². The number of methoxy groups -OCH3 is 1. The molecule has 0 aliphatic carbocycles. The largest absolute Gasteiger partial charge is 0.399 e. The Morgan fingerprint density at radius 2 is 2.00 bits per heavy atom. The first-order valence-electron chi connectivity index (χ1n) is 4.01. The highest BCUT2D eigenvalue weighted by molar-refractivity contribution is 5.22. The van der Waals surface area contributed by atoms with E-state index in [-0.39, 0.29) is 0 Å². The average molecular weight is 185 g/mol. The van der Waals surface area contributed by atoms with Gasteiger partial charge in [0.2, 0.25) is 0 Å². The van der Waals surface area contributed by atoms with Gasteiger partial charge in [0.15, 0.2) is 0 Å². The minimum Gasteiger partial charge on any atom is -0.399 e. The molecule has 0 atom stereocenters. The van der Waals surface area contributed by atoms with Crippen LogP contribution in [0.5, 0.6) is 0 Å². The lowest BCUT2D eigenvalue weighted by atomic mass is 10.0. The SMILES string of the molecule is C=C(N)/C=C(\N(C)N)C(C)(C)OC. The van der Waals surface area contributed by atoms with Gasteiger partial charge in [-0.25, -0.2) is 5.84 Å². The van der Waals surface area contributed by atoms with Gasteiger partial charge in [-0.05, 0) is 19.9 Å². The predicted octanol–water partition coefficient (Wildman–Crippen LogP) is 0.573. The molecule has 0 aliphatic heterocycles. The van der Waals surface area contributed by atoms with Gasteiger partial charge in [-0.3, -0.25) is 0 Å². The van der Waals surface area contributed by atoms with Crippen LogP contribution >= 0.6 is 0 Å². The van der Waals surface area contributed by atoms with Gasteiger partial charge in [0.1, 0.15) is 5.60 Å². The molecule has 0 aromatic carbocycles. The minimum atomic E-state index is -0.466. The highest BCUT2D eigenvalue weighted by Gasteiger charge is 2.24. The topological polar surface area (TPSA) is 64.5 Å². The Labute approximate surface area is 79.8 Å². The van der Waals surface area contributed by atoms with Gasteiger partial charge < -0.3 is 15.5 Å². The number of nitrogens with zero attached hydrogens (tertiary/aromatic N) is 1. The van der Waals surface area contributed by atoms with Crippen molar-refractivity contribution in [2.45, 2.75) is 19.4 Å². The third-order valence-electron chi connectivity index (χ3n) is 1.83. The van der Waals surface area contributed by atoms with Crippen molar-refractivity contribution in [3.8, 4) is 0 Å². The van der Waals surface area contributed by atoms with Gasteiger partial charge in [0.05, 0.1) is 5.70 Å². The standard InChI is InChI=1S/C9H19N3O/c1-7(10)6-8(12(4)11)9(2,3)13-5/h6H,1,10-11H2,2-5H3/b8-6-. The van der Waals surface area contributed by atoms with Crippen LogP contribution < -0.4 is 11.6 Å². The van der Waals surface area contributed by atoms with Crippen LogP contribution in [0.4, 0.5) is 0 Å². The fraction of sp³-hybridized carbons (Fsp3) is 0.556. The second-order valence-electron chi connectivity index (χ2n) is 3.43. The van der Waals surface area contributed by atoms with Crippen LogP contribution in [0.25, 0.3) is 0 Å². The fourth-order valence-corrected chi connectivity index (χ4v) is 0.980. The number of hydrogen-bond acceptors (Lipinski definition) is 4. The molecular weight excluding hydrogens is 166 g/mol. The van der Waals surface area contributed by atoms with Crippen molar-refractivity contribution in [2.75, 3.05) is 14.2 Å². The van der Waals surface area contributed by atoms with E-state index in [2.05, 4.69) is 6.58 Å². The van der Waals surface area contributed by atoms with E-state index >= 15 is 0 Å². The molecule has 0 radical (unpaired) electrons. The molecule has 0 spiro atoms. The molecule has 4 nitrogen and oxygen atoms in total. The molecule has 0 heterocycles. The summed E-state index contributed by atoms with van der Waals surface area (Å²) >= 11 is 0. The van der Waals surface area contributed by atoms with Crippen molar-refractivity contribution in [3.05, 3.63) is 24.0 Å². The Hall–Kier alpha value is -1.00. The number of nitrogens with two attached hydrogens (primary N) is 2. The van der Waals surface area contributed by atoms with E-state index < -0.39 is 5.60 Å². The molecule has 0 saturated carbocycles. The van der Waals surface area contributed by atoms with Crippen molar-refractivity contribution in [2.24, 2.45) is 11.6 Å². The van der Waals surface area contributed by atoms with Crippen molar-refractivity contribution in [1.82, 2.24) is 5.01 Å². The lowest BCUT2D eigenvalue weighted by molar-refractivity contribution is 0.0327. The number of ether oxygens (including phenoxy) is 1. The van der Waals surface area contributed by atoms with Crippen LogP contribution in [-0.2, 0) is 4.74 Å². The van der Waals surface area contributed by atoms with E-state index in [9.17, 15) is 0 Å². The van der Waals surface area contributed by atoms with Crippen LogP contribution in [0.3, 0.4) is 0 Å². The summed E-state index contributed by atoms with van der Waals surface area (Å²) in [6.45, 7) is 7.40. The Morgan fingerprint density at radius 3 is 2.23 bits per heavy atom. The van der Waals surface area contributed by atoms with Crippen LogP contribution in [0, 0.1) is 0 Å². The zero-order valence-electron chi connectivity index (χ0n) is 8.79. The molecule has 0 unspecified atom stereocenters. The van der Waals surface area contributed by atoms with Crippen molar-refractivity contribution < 1.29 is 4.74 Å². The molecule has 0 amide bonds. The summed E-state index contributed by atoms with van der Waals surface area (Å²) in [5, 5.41) is 1.47. The summed E-state index contributed by atoms with van der Waals surface area (Å²) in [4.78, 5) is 0. The Kier molecular flexibility index (Phi) is 3.97. The van der Waals surface area contributed by atoms with Crippen LogP contribution in [0.1, 0.15) is 13.8 Å². The molecule has 0 aliphatic rings. The Balaban J connectivity index is 4.92. The van der Waals surface area contributed by atoms with E-state index in [1.165, 1.54) is 5.01 Å². The second-order valence-corrected chi connectivity index (χ2v) is 3.43. The van der Waals surface area contributed by atoms with Crippen LogP contribution in [0.15, 0.2) is 24.0 Å². The summed E-state index contributed by atoms with van der Waals surface area (Å²) in [6, 6.07) is 0. The smallest absolute Gasteiger partial charge is 0.103 e. The summed E-state index contributed by atoms with van der Waals surface area (Å²) in [5.41, 5.74) is 6.24. The Bertz CT molecular complexity index is 219. The molecule has 13 heavy (non-hydrogen) atoms. The summed E-state index contributed by atoms with van der Waals surface area (Å²) in [6.07, 6.45) is 1.70. The molecule has 4 N–H and O–H groups in total. The lowest BCUT2D eigenvalue weighted by Crippen LogP contribution is -2.39. The summed E-state index contributed by atoms with van der Waals surface area (Å²) in [7, 11) is 3.35. The van der Waals surface area contributed by atoms with Crippen molar-refractivity contribution >= 4 is 0 Å². The van der Waals surface area contributed by atoms with E-state index in [1.54, 1.807) is 20.2 Å². The van der Waals surface area contributed by atoms with Gasteiger partial charge >= 0.3 is 0 Å². The van der Waals surface area contributed by atoms with E-state index in [4.69, 9.17) is 16.3 Å². The van der Waals surface area contributed by atoms with Crippen molar-refractivity contribution in [3.63, 3.8) is 0 Å². The van der Waals surface area contributed by atoms with Crippen LogP contribution in [0.2, 0.25) is 0 Å².